The summed E-state index contributed by atoms with van der Waals surface area (Å²) in [5, 5.41) is 0. The number of benzene rings is 2. The number of thioether (sulfide) groups is 1. The van der Waals surface area contributed by atoms with Crippen molar-refractivity contribution >= 4 is 11.8 Å². The van der Waals surface area contributed by atoms with Crippen molar-refractivity contribution in [3.05, 3.63) is 65.7 Å². The van der Waals surface area contributed by atoms with Crippen LogP contribution in [0.1, 0.15) is 11.1 Å². The van der Waals surface area contributed by atoms with Gasteiger partial charge in [0, 0.05) is 10.6 Å². The molecule has 0 N–H and O–H groups in total. The fourth-order valence-electron chi connectivity index (χ4n) is 1.56. The molecule has 0 saturated heterocycles. The Labute approximate surface area is 108 Å². The highest BCUT2D eigenvalue weighted by molar-refractivity contribution is 7.98. The molecule has 2 rings (SSSR count). The van der Waals surface area contributed by atoms with E-state index in [0.717, 1.165) is 11.6 Å². The van der Waals surface area contributed by atoms with Gasteiger partial charge in [-0.25, -0.2) is 0 Å². The van der Waals surface area contributed by atoms with E-state index >= 15 is 0 Å². The van der Waals surface area contributed by atoms with Gasteiger partial charge in [-0.1, -0.05) is 42.5 Å². The normalized spacial score (nSPS) is 11.5. The monoisotopic (exact) mass is 268 g/mol. The predicted octanol–water partition coefficient (Wildman–Crippen LogP) is 5.00. The third-order valence-electron chi connectivity index (χ3n) is 2.43. The van der Waals surface area contributed by atoms with Crippen LogP contribution in [0.5, 0.6) is 0 Å². The fourth-order valence-corrected chi connectivity index (χ4v) is 2.59. The molecule has 0 aliphatic rings. The van der Waals surface area contributed by atoms with Gasteiger partial charge in [0.25, 0.3) is 0 Å². The maximum Gasteiger partial charge on any atom is 0.417 e. The lowest BCUT2D eigenvalue weighted by Crippen LogP contribution is -2.06. The second-order valence-corrected chi connectivity index (χ2v) is 4.79. The van der Waals surface area contributed by atoms with E-state index in [2.05, 4.69) is 0 Å². The lowest BCUT2D eigenvalue weighted by molar-refractivity contribution is -0.139. The van der Waals surface area contributed by atoms with Gasteiger partial charge in [-0.3, -0.25) is 0 Å². The van der Waals surface area contributed by atoms with Gasteiger partial charge in [0.1, 0.15) is 0 Å². The Bertz CT molecular complexity index is 506. The minimum atomic E-state index is -4.29. The van der Waals surface area contributed by atoms with Crippen molar-refractivity contribution in [3.8, 4) is 0 Å². The molecule has 0 saturated carbocycles. The van der Waals surface area contributed by atoms with Gasteiger partial charge in [0.05, 0.1) is 5.56 Å². The first-order valence-corrected chi connectivity index (χ1v) is 6.39. The molecule has 18 heavy (non-hydrogen) atoms. The van der Waals surface area contributed by atoms with Gasteiger partial charge in [0.2, 0.25) is 0 Å². The van der Waals surface area contributed by atoms with Crippen molar-refractivity contribution in [2.45, 2.75) is 16.8 Å². The number of hydrogen-bond acceptors (Lipinski definition) is 1. The molecular formula is C14H11F3S. The van der Waals surface area contributed by atoms with Crippen LogP contribution < -0.4 is 0 Å². The first kappa shape index (κ1) is 13.0. The molecular weight excluding hydrogens is 257 g/mol. The summed E-state index contributed by atoms with van der Waals surface area (Å²) in [6, 6.07) is 15.1. The van der Waals surface area contributed by atoms with Crippen LogP contribution >= 0.6 is 11.8 Å². The summed E-state index contributed by atoms with van der Waals surface area (Å²) in [4.78, 5) is 0.272. The highest BCUT2D eigenvalue weighted by atomic mass is 32.2. The Morgan fingerprint density at radius 1 is 0.833 bits per heavy atom. The SMILES string of the molecule is FC(F)(F)c1ccccc1SCc1ccccc1. The van der Waals surface area contributed by atoms with Gasteiger partial charge < -0.3 is 0 Å². The summed E-state index contributed by atoms with van der Waals surface area (Å²) >= 11 is 1.21. The van der Waals surface area contributed by atoms with E-state index < -0.39 is 11.7 Å². The summed E-state index contributed by atoms with van der Waals surface area (Å²) in [6.45, 7) is 0. The zero-order chi connectivity index (χ0) is 13.0. The quantitative estimate of drug-likeness (QED) is 0.706. The van der Waals surface area contributed by atoms with E-state index in [1.807, 2.05) is 30.3 Å². The molecule has 0 unspecified atom stereocenters. The number of halogens is 3. The lowest BCUT2D eigenvalue weighted by atomic mass is 10.2. The Kier molecular flexibility index (Phi) is 3.97. The molecule has 0 aliphatic carbocycles. The Morgan fingerprint density at radius 3 is 2.11 bits per heavy atom. The highest BCUT2D eigenvalue weighted by Gasteiger charge is 2.32. The van der Waals surface area contributed by atoms with Gasteiger partial charge in [-0.05, 0) is 17.7 Å². The molecule has 2 aromatic carbocycles. The molecule has 0 heterocycles. The zero-order valence-corrected chi connectivity index (χ0v) is 10.3. The summed E-state index contributed by atoms with van der Waals surface area (Å²) in [5.74, 6) is 0.536. The Hall–Kier alpha value is -1.42. The molecule has 0 bridgehead atoms. The van der Waals surface area contributed by atoms with Gasteiger partial charge in [0.15, 0.2) is 0 Å². The average Bonchev–Trinajstić information content (AvgIpc) is 2.37. The average molecular weight is 268 g/mol. The minimum Gasteiger partial charge on any atom is -0.166 e. The van der Waals surface area contributed by atoms with Crippen LogP contribution in [0.3, 0.4) is 0 Å². The summed E-state index contributed by atoms with van der Waals surface area (Å²) in [6.07, 6.45) is -4.29. The van der Waals surface area contributed by atoms with Crippen LogP contribution in [0.25, 0.3) is 0 Å². The van der Waals surface area contributed by atoms with Crippen molar-refractivity contribution in [2.75, 3.05) is 0 Å². The van der Waals surface area contributed by atoms with Gasteiger partial charge >= 0.3 is 6.18 Å². The van der Waals surface area contributed by atoms with Crippen LogP contribution in [-0.4, -0.2) is 0 Å². The second kappa shape index (κ2) is 5.48. The number of rotatable bonds is 3. The van der Waals surface area contributed by atoms with Crippen LogP contribution in [0.2, 0.25) is 0 Å². The van der Waals surface area contributed by atoms with Crippen LogP contribution in [-0.2, 0) is 11.9 Å². The molecule has 0 spiro atoms. The molecule has 0 nitrogen and oxygen atoms in total. The fraction of sp³-hybridized carbons (Fsp3) is 0.143. The highest BCUT2D eigenvalue weighted by Crippen LogP contribution is 2.37. The maximum atomic E-state index is 12.8. The minimum absolute atomic E-state index is 0.272. The topological polar surface area (TPSA) is 0 Å². The van der Waals surface area contributed by atoms with E-state index in [9.17, 15) is 13.2 Å². The Balaban J connectivity index is 2.15. The molecule has 0 aromatic heterocycles. The van der Waals surface area contributed by atoms with Gasteiger partial charge in [-0.15, -0.1) is 11.8 Å². The molecule has 0 aliphatic heterocycles. The third-order valence-corrected chi connectivity index (χ3v) is 3.57. The predicted molar refractivity (Wildman–Crippen MR) is 67.4 cm³/mol. The van der Waals surface area contributed by atoms with E-state index in [0.29, 0.717) is 5.75 Å². The van der Waals surface area contributed by atoms with E-state index in [1.165, 1.54) is 23.9 Å². The van der Waals surface area contributed by atoms with Crippen molar-refractivity contribution in [1.82, 2.24) is 0 Å². The largest absolute Gasteiger partial charge is 0.417 e. The lowest BCUT2D eigenvalue weighted by Gasteiger charge is -2.11. The zero-order valence-electron chi connectivity index (χ0n) is 9.45. The first-order chi connectivity index (χ1) is 8.57. The Morgan fingerprint density at radius 2 is 1.44 bits per heavy atom. The van der Waals surface area contributed by atoms with Crippen molar-refractivity contribution in [2.24, 2.45) is 0 Å². The number of alkyl halides is 3. The van der Waals surface area contributed by atoms with E-state index in [4.69, 9.17) is 0 Å². The molecule has 2 aromatic rings. The van der Waals surface area contributed by atoms with Crippen LogP contribution in [0.4, 0.5) is 13.2 Å². The van der Waals surface area contributed by atoms with E-state index in [-0.39, 0.29) is 4.90 Å². The molecule has 0 atom stereocenters. The van der Waals surface area contributed by atoms with Crippen molar-refractivity contribution < 1.29 is 13.2 Å². The summed E-state index contributed by atoms with van der Waals surface area (Å²) < 4.78 is 38.3. The molecule has 0 amide bonds. The second-order valence-electron chi connectivity index (χ2n) is 3.77. The summed E-state index contributed by atoms with van der Waals surface area (Å²) in [5.41, 5.74) is 0.449. The van der Waals surface area contributed by atoms with Crippen molar-refractivity contribution in [1.29, 1.82) is 0 Å². The summed E-state index contributed by atoms with van der Waals surface area (Å²) in [7, 11) is 0. The standard InChI is InChI=1S/C14H11F3S/c15-14(16,17)12-8-4-5-9-13(12)18-10-11-6-2-1-3-7-11/h1-9H,10H2. The smallest absolute Gasteiger partial charge is 0.166 e. The molecule has 0 fully saturated rings. The third kappa shape index (κ3) is 3.29. The van der Waals surface area contributed by atoms with Crippen molar-refractivity contribution in [3.63, 3.8) is 0 Å². The van der Waals surface area contributed by atoms with Crippen LogP contribution in [0, 0.1) is 0 Å². The first-order valence-electron chi connectivity index (χ1n) is 5.40. The molecule has 0 radical (unpaired) electrons. The van der Waals surface area contributed by atoms with E-state index in [1.54, 1.807) is 6.07 Å². The van der Waals surface area contributed by atoms with Crippen LogP contribution in [0.15, 0.2) is 59.5 Å². The molecule has 94 valence electrons. The molecule has 4 heteroatoms. The van der Waals surface area contributed by atoms with Gasteiger partial charge in [-0.2, -0.15) is 13.2 Å². The number of hydrogen-bond donors (Lipinski definition) is 0. The maximum absolute atomic E-state index is 12.8.